The fraction of sp³-hybridized carbons (Fsp3) is 0.0435. The van der Waals surface area contributed by atoms with E-state index in [-0.39, 0.29) is 0 Å². The summed E-state index contributed by atoms with van der Waals surface area (Å²) in [5.74, 6) is 0. The largest absolute Gasteiger partial charge is 0.455 e. The number of benzene rings is 6. The number of furan rings is 1. The van der Waals surface area contributed by atoms with Crippen LogP contribution in [0.3, 0.4) is 0 Å². The molecule has 0 N–H and O–H groups in total. The Morgan fingerprint density at radius 3 is 2.08 bits per heavy atom. The highest BCUT2D eigenvalue weighted by Crippen LogP contribution is 2.46. The van der Waals surface area contributed by atoms with Crippen LogP contribution in [0.2, 0.25) is 0 Å². The van der Waals surface area contributed by atoms with E-state index in [9.17, 15) is 0 Å². The molecule has 0 saturated heterocycles. The van der Waals surface area contributed by atoms with Gasteiger partial charge in [-0.1, -0.05) is 164 Å². The normalized spacial score (nSPS) is 12.9. The molecule has 1 heterocycles. The van der Waals surface area contributed by atoms with Gasteiger partial charge in [0.1, 0.15) is 19.0 Å². The number of fused-ring (bicyclic) bond motifs is 5. The van der Waals surface area contributed by atoms with Gasteiger partial charge in [-0.3, -0.25) is 0 Å². The van der Waals surface area contributed by atoms with Crippen molar-refractivity contribution in [1.82, 2.24) is 0 Å². The molecule has 0 fully saturated rings. The van der Waals surface area contributed by atoms with E-state index in [2.05, 4.69) is 155 Å². The zero-order valence-corrected chi connectivity index (χ0v) is 27.8. The van der Waals surface area contributed by atoms with Gasteiger partial charge in [0, 0.05) is 21.9 Å². The van der Waals surface area contributed by atoms with E-state index in [1.54, 1.807) is 0 Å². The molecule has 0 spiro atoms. The summed E-state index contributed by atoms with van der Waals surface area (Å²) >= 11 is 0. The van der Waals surface area contributed by atoms with Gasteiger partial charge in [-0.2, -0.15) is 0 Å². The van der Waals surface area contributed by atoms with Crippen molar-refractivity contribution < 1.29 is 4.42 Å². The number of allylic oxidation sites excluding steroid dienone is 10. The molecule has 1 nitrogen and oxygen atoms in total. The molecule has 0 aliphatic carbocycles. The lowest BCUT2D eigenvalue weighted by Gasteiger charge is -2.19. The third kappa shape index (κ3) is 5.26. The topological polar surface area (TPSA) is 13.1 Å². The molecule has 7 rings (SSSR count). The van der Waals surface area contributed by atoms with Crippen LogP contribution in [0, 0.1) is 0 Å². The Hall–Kier alpha value is -5.86. The lowest BCUT2D eigenvalue weighted by molar-refractivity contribution is 0.670. The lowest BCUT2D eigenvalue weighted by atomic mass is 9.80. The predicted octanol–water partition coefficient (Wildman–Crippen LogP) is 11.7. The van der Waals surface area contributed by atoms with Crippen molar-refractivity contribution in [2.45, 2.75) is 13.8 Å². The second kappa shape index (κ2) is 13.1. The van der Waals surface area contributed by atoms with Crippen LogP contribution < -0.4 is 5.46 Å². The fourth-order valence-electron chi connectivity index (χ4n) is 7.03. The predicted molar refractivity (Wildman–Crippen MR) is 213 cm³/mol. The number of hydrogen-bond donors (Lipinski definition) is 0. The average molecular weight is 617 g/mol. The summed E-state index contributed by atoms with van der Waals surface area (Å²) < 4.78 is 6.83. The van der Waals surface area contributed by atoms with Crippen LogP contribution in [0.15, 0.2) is 180 Å². The van der Waals surface area contributed by atoms with E-state index in [0.717, 1.165) is 49.8 Å². The first-order chi connectivity index (χ1) is 23.5. The highest BCUT2D eigenvalue weighted by atomic mass is 16.3. The summed E-state index contributed by atoms with van der Waals surface area (Å²) in [6.45, 7) is 12.3. The van der Waals surface area contributed by atoms with Crippen molar-refractivity contribution in [2.75, 3.05) is 0 Å². The van der Waals surface area contributed by atoms with Gasteiger partial charge in [-0.15, -0.1) is 0 Å². The Kier molecular flexibility index (Phi) is 8.40. The molecular formula is C46H37BO. The molecule has 0 bridgehead atoms. The van der Waals surface area contributed by atoms with Gasteiger partial charge in [0.05, 0.1) is 0 Å². The van der Waals surface area contributed by atoms with E-state index in [1.807, 2.05) is 31.2 Å². The molecule has 0 aliphatic heterocycles. The maximum absolute atomic E-state index is 6.83. The Balaban J connectivity index is 1.51. The molecule has 0 unspecified atom stereocenters. The summed E-state index contributed by atoms with van der Waals surface area (Å²) in [5, 5.41) is 7.10. The lowest BCUT2D eigenvalue weighted by Crippen LogP contribution is -2.06. The van der Waals surface area contributed by atoms with Gasteiger partial charge in [0.15, 0.2) is 0 Å². The Labute approximate surface area is 283 Å². The van der Waals surface area contributed by atoms with Crippen LogP contribution in [-0.2, 0) is 0 Å². The maximum atomic E-state index is 6.83. The van der Waals surface area contributed by atoms with Crippen LogP contribution in [0.4, 0.5) is 0 Å². The van der Waals surface area contributed by atoms with Crippen LogP contribution in [0.5, 0.6) is 0 Å². The molecule has 0 amide bonds. The third-order valence-electron chi connectivity index (χ3n) is 9.30. The second-order valence-electron chi connectivity index (χ2n) is 12.1. The van der Waals surface area contributed by atoms with Crippen molar-refractivity contribution in [1.29, 1.82) is 0 Å². The molecular weight excluding hydrogens is 579 g/mol. The molecule has 0 radical (unpaired) electrons. The molecule has 0 aliphatic rings. The molecule has 230 valence electrons. The number of para-hydroxylation sites is 1. The first-order valence-corrected chi connectivity index (χ1v) is 16.5. The highest BCUT2D eigenvalue weighted by Gasteiger charge is 2.21. The molecule has 48 heavy (non-hydrogen) atoms. The summed E-state index contributed by atoms with van der Waals surface area (Å²) in [6, 6.07) is 39.0. The van der Waals surface area contributed by atoms with Crippen LogP contribution >= 0.6 is 0 Å². The molecule has 1 aromatic heterocycles. The van der Waals surface area contributed by atoms with E-state index in [0.29, 0.717) is 0 Å². The van der Waals surface area contributed by atoms with Crippen molar-refractivity contribution in [3.8, 4) is 22.3 Å². The van der Waals surface area contributed by atoms with Crippen LogP contribution in [0.25, 0.3) is 71.3 Å². The van der Waals surface area contributed by atoms with Gasteiger partial charge in [-0.05, 0) is 74.9 Å². The summed E-state index contributed by atoms with van der Waals surface area (Å²) in [7, 11) is 2.22. The summed E-state index contributed by atoms with van der Waals surface area (Å²) in [4.78, 5) is 0. The highest BCUT2D eigenvalue weighted by molar-refractivity contribution is 6.43. The van der Waals surface area contributed by atoms with Crippen molar-refractivity contribution >= 4 is 62.4 Å². The van der Waals surface area contributed by atoms with Crippen molar-refractivity contribution in [3.05, 3.63) is 182 Å². The smallest absolute Gasteiger partial charge is 0.143 e. The fourth-order valence-corrected chi connectivity index (χ4v) is 7.03. The molecule has 0 atom stereocenters. The molecule has 7 aromatic rings. The third-order valence-corrected chi connectivity index (χ3v) is 9.30. The molecule has 0 saturated carbocycles. The van der Waals surface area contributed by atoms with Gasteiger partial charge < -0.3 is 4.42 Å². The van der Waals surface area contributed by atoms with Gasteiger partial charge in [0.25, 0.3) is 0 Å². The average Bonchev–Trinajstić information content (AvgIpc) is 3.51. The van der Waals surface area contributed by atoms with Crippen LogP contribution in [0.1, 0.15) is 19.4 Å². The van der Waals surface area contributed by atoms with E-state index < -0.39 is 0 Å². The van der Waals surface area contributed by atoms with Gasteiger partial charge in [-0.25, -0.2) is 0 Å². The monoisotopic (exact) mass is 616 g/mol. The first kappa shape index (κ1) is 30.8. The quantitative estimate of drug-likeness (QED) is 0.0941. The summed E-state index contributed by atoms with van der Waals surface area (Å²) in [5.41, 5.74) is 12.1. The van der Waals surface area contributed by atoms with Crippen molar-refractivity contribution in [3.63, 3.8) is 0 Å². The van der Waals surface area contributed by atoms with Gasteiger partial charge in [0.2, 0.25) is 0 Å². The zero-order valence-electron chi connectivity index (χ0n) is 27.8. The number of hydrogen-bond acceptors (Lipinski definition) is 1. The summed E-state index contributed by atoms with van der Waals surface area (Å²) in [6.07, 6.45) is 14.2. The number of rotatable bonds is 8. The van der Waals surface area contributed by atoms with Gasteiger partial charge >= 0.3 is 0 Å². The SMILES string of the molecule is Bc1cccc2c(-c3cccc4c3oc3cccc(/C(C=C)=C/C=C(C)/C(C=C)=C/C=C\C)c34)c3ccccc3c(-c3ccccc3)c12. The van der Waals surface area contributed by atoms with E-state index in [4.69, 9.17) is 4.42 Å². The standard InChI is InChI=1S/C46H37BO/c1-5-8-17-31(6-2)30(4)28-29-32(7-3)34-22-16-27-41-44(34)39-25-14-24-38(46(39)48-41)43-36-21-13-12-20-35(36)42(33-18-10-9-11-19-33)45-37(43)23-15-26-40(45)47/h5-29H,2-3,47H2,1,4H3/b8-5-,30-28+,31-17+,32-29+. The van der Waals surface area contributed by atoms with E-state index >= 15 is 0 Å². The Bertz CT molecular complexity index is 2500. The van der Waals surface area contributed by atoms with E-state index in [1.165, 1.54) is 43.7 Å². The minimum atomic E-state index is 0.855. The van der Waals surface area contributed by atoms with Crippen LogP contribution in [-0.4, -0.2) is 7.85 Å². The van der Waals surface area contributed by atoms with Crippen molar-refractivity contribution in [2.24, 2.45) is 0 Å². The second-order valence-corrected chi connectivity index (χ2v) is 12.1. The molecule has 2 heteroatoms. The first-order valence-electron chi connectivity index (χ1n) is 16.5. The maximum Gasteiger partial charge on any atom is 0.143 e. The molecule has 6 aromatic carbocycles. The Morgan fingerprint density at radius 1 is 0.646 bits per heavy atom. The minimum Gasteiger partial charge on any atom is -0.455 e. The zero-order chi connectivity index (χ0) is 33.2. The minimum absolute atomic E-state index is 0.855. The Morgan fingerprint density at radius 2 is 1.33 bits per heavy atom.